The average Bonchev–Trinajstić information content (AvgIpc) is 2.74. The number of aromatic nitrogens is 1. The van der Waals surface area contributed by atoms with Crippen LogP contribution in [0.15, 0.2) is 44.0 Å². The molecule has 0 aromatic carbocycles. The molecule has 17 heavy (non-hydrogen) atoms. The number of halogens is 2. The first-order valence-corrected chi connectivity index (χ1v) is 6.89. The second-order valence-electron chi connectivity index (χ2n) is 3.49. The Morgan fingerprint density at radius 3 is 2.76 bits per heavy atom. The zero-order valence-electron chi connectivity index (χ0n) is 9.28. The fourth-order valence-electron chi connectivity index (χ4n) is 1.64. The molecule has 0 bridgehead atoms. The third kappa shape index (κ3) is 2.78. The maximum absolute atomic E-state index is 5.52. The number of pyridine rings is 1. The van der Waals surface area contributed by atoms with Crippen LogP contribution < -0.4 is 5.32 Å². The van der Waals surface area contributed by atoms with E-state index in [2.05, 4.69) is 49.1 Å². The van der Waals surface area contributed by atoms with Crippen molar-refractivity contribution >= 4 is 31.9 Å². The van der Waals surface area contributed by atoms with Gasteiger partial charge in [0.25, 0.3) is 0 Å². The van der Waals surface area contributed by atoms with Gasteiger partial charge in [0.1, 0.15) is 11.8 Å². The summed E-state index contributed by atoms with van der Waals surface area (Å²) in [6, 6.07) is 5.70. The number of nitrogens with zero attached hydrogens (tertiary/aromatic N) is 1. The van der Waals surface area contributed by atoms with Crippen molar-refractivity contribution in [2.45, 2.75) is 13.0 Å². The molecule has 2 aromatic heterocycles. The van der Waals surface area contributed by atoms with Crippen LogP contribution in [0.1, 0.15) is 24.4 Å². The van der Waals surface area contributed by atoms with Crippen molar-refractivity contribution in [2.24, 2.45) is 0 Å². The van der Waals surface area contributed by atoms with E-state index in [0.717, 1.165) is 26.9 Å². The monoisotopic (exact) mass is 358 g/mol. The van der Waals surface area contributed by atoms with E-state index in [-0.39, 0.29) is 6.04 Å². The Kier molecular flexibility index (Phi) is 4.36. The number of nitrogens with one attached hydrogen (secondary N) is 1. The maximum Gasteiger partial charge on any atom is 0.141 e. The fourth-order valence-corrected chi connectivity index (χ4v) is 2.55. The zero-order valence-corrected chi connectivity index (χ0v) is 12.5. The first-order valence-electron chi connectivity index (χ1n) is 5.30. The van der Waals surface area contributed by atoms with E-state index in [0.29, 0.717) is 0 Å². The van der Waals surface area contributed by atoms with E-state index in [1.807, 2.05) is 18.2 Å². The van der Waals surface area contributed by atoms with Gasteiger partial charge in [-0.05, 0) is 56.6 Å². The molecule has 3 nitrogen and oxygen atoms in total. The lowest BCUT2D eigenvalue weighted by Crippen LogP contribution is -2.23. The third-order valence-corrected chi connectivity index (χ3v) is 3.70. The van der Waals surface area contributed by atoms with Crippen molar-refractivity contribution in [2.75, 3.05) is 6.54 Å². The Labute approximate surface area is 117 Å². The maximum atomic E-state index is 5.52. The molecule has 0 amide bonds. The van der Waals surface area contributed by atoms with Crippen LogP contribution in [0.2, 0.25) is 0 Å². The van der Waals surface area contributed by atoms with Gasteiger partial charge >= 0.3 is 0 Å². The summed E-state index contributed by atoms with van der Waals surface area (Å²) in [5, 5.41) is 3.37. The molecule has 5 heteroatoms. The van der Waals surface area contributed by atoms with E-state index in [9.17, 15) is 0 Å². The van der Waals surface area contributed by atoms with Crippen LogP contribution in [-0.2, 0) is 0 Å². The number of rotatable bonds is 4. The van der Waals surface area contributed by atoms with E-state index < -0.39 is 0 Å². The van der Waals surface area contributed by atoms with Crippen molar-refractivity contribution in [3.63, 3.8) is 0 Å². The summed E-state index contributed by atoms with van der Waals surface area (Å²) in [4.78, 5) is 4.40. The Hall–Kier alpha value is -0.650. The normalized spacial score (nSPS) is 12.6. The first-order chi connectivity index (χ1) is 8.24. The molecule has 2 aromatic rings. The molecular weight excluding hydrogens is 348 g/mol. The summed E-state index contributed by atoms with van der Waals surface area (Å²) in [6.07, 6.45) is 3.45. The van der Waals surface area contributed by atoms with E-state index in [1.54, 1.807) is 12.5 Å². The van der Waals surface area contributed by atoms with Crippen molar-refractivity contribution < 1.29 is 4.42 Å². The standard InChI is InChI=1S/C12H12Br2N2O/c1-2-15-11(12-9(14)5-7-17-12)10-8(13)4-3-6-16-10/h3-7,11,15H,2H2,1H3. The van der Waals surface area contributed by atoms with Gasteiger partial charge in [0.15, 0.2) is 0 Å². The van der Waals surface area contributed by atoms with Gasteiger partial charge in [0, 0.05) is 10.7 Å². The Morgan fingerprint density at radius 2 is 2.18 bits per heavy atom. The molecule has 0 aliphatic heterocycles. The minimum absolute atomic E-state index is 0.0556. The summed E-state index contributed by atoms with van der Waals surface area (Å²) < 4.78 is 7.43. The quantitative estimate of drug-likeness (QED) is 0.899. The van der Waals surface area contributed by atoms with Crippen LogP contribution in [0.25, 0.3) is 0 Å². The van der Waals surface area contributed by atoms with Gasteiger partial charge in [-0.1, -0.05) is 6.92 Å². The van der Waals surface area contributed by atoms with Crippen molar-refractivity contribution in [3.05, 3.63) is 51.1 Å². The highest BCUT2D eigenvalue weighted by atomic mass is 79.9. The average molecular weight is 360 g/mol. The second-order valence-corrected chi connectivity index (χ2v) is 5.20. The molecule has 0 saturated heterocycles. The lowest BCUT2D eigenvalue weighted by molar-refractivity contribution is 0.444. The highest BCUT2D eigenvalue weighted by molar-refractivity contribution is 9.10. The van der Waals surface area contributed by atoms with Gasteiger partial charge in [0.05, 0.1) is 16.4 Å². The minimum atomic E-state index is -0.0556. The predicted molar refractivity (Wildman–Crippen MR) is 73.9 cm³/mol. The lowest BCUT2D eigenvalue weighted by Gasteiger charge is -2.16. The Balaban J connectivity index is 2.43. The second kappa shape index (κ2) is 5.80. The van der Waals surface area contributed by atoms with Gasteiger partial charge < -0.3 is 9.73 Å². The molecule has 0 saturated carbocycles. The largest absolute Gasteiger partial charge is 0.466 e. The number of hydrogen-bond acceptors (Lipinski definition) is 3. The van der Waals surface area contributed by atoms with Gasteiger partial charge in [-0.15, -0.1) is 0 Å². The molecule has 0 radical (unpaired) electrons. The van der Waals surface area contributed by atoms with Crippen LogP contribution in [0.5, 0.6) is 0 Å². The van der Waals surface area contributed by atoms with Crippen LogP contribution >= 0.6 is 31.9 Å². The molecule has 1 N–H and O–H groups in total. The van der Waals surface area contributed by atoms with Gasteiger partial charge in [-0.2, -0.15) is 0 Å². The minimum Gasteiger partial charge on any atom is -0.466 e. The summed E-state index contributed by atoms with van der Waals surface area (Å²) in [5.74, 6) is 0.839. The smallest absolute Gasteiger partial charge is 0.141 e. The molecular formula is C12H12Br2N2O. The zero-order chi connectivity index (χ0) is 12.3. The molecule has 0 fully saturated rings. The molecule has 2 heterocycles. The van der Waals surface area contributed by atoms with Crippen LogP contribution in [0.4, 0.5) is 0 Å². The van der Waals surface area contributed by atoms with Gasteiger partial charge in [-0.3, -0.25) is 4.98 Å². The molecule has 0 aliphatic carbocycles. The van der Waals surface area contributed by atoms with E-state index in [4.69, 9.17) is 4.42 Å². The summed E-state index contributed by atoms with van der Waals surface area (Å²) in [6.45, 7) is 2.89. The van der Waals surface area contributed by atoms with E-state index in [1.165, 1.54) is 0 Å². The van der Waals surface area contributed by atoms with Crippen molar-refractivity contribution in [3.8, 4) is 0 Å². The van der Waals surface area contributed by atoms with Gasteiger partial charge in [0.2, 0.25) is 0 Å². The third-order valence-electron chi connectivity index (χ3n) is 2.38. The van der Waals surface area contributed by atoms with Gasteiger partial charge in [-0.25, -0.2) is 0 Å². The van der Waals surface area contributed by atoms with Crippen LogP contribution in [0.3, 0.4) is 0 Å². The first kappa shape index (κ1) is 12.8. The number of hydrogen-bond donors (Lipinski definition) is 1. The van der Waals surface area contributed by atoms with E-state index >= 15 is 0 Å². The molecule has 0 aliphatic rings. The highest BCUT2D eigenvalue weighted by Crippen LogP contribution is 2.31. The topological polar surface area (TPSA) is 38.1 Å². The number of furan rings is 1. The summed E-state index contributed by atoms with van der Waals surface area (Å²) in [7, 11) is 0. The fraction of sp³-hybridized carbons (Fsp3) is 0.250. The lowest BCUT2D eigenvalue weighted by atomic mass is 10.1. The van der Waals surface area contributed by atoms with Crippen molar-refractivity contribution in [1.29, 1.82) is 0 Å². The van der Waals surface area contributed by atoms with Crippen LogP contribution in [0, 0.1) is 0 Å². The summed E-state index contributed by atoms with van der Waals surface area (Å²) >= 11 is 7.00. The Bertz CT molecular complexity index is 499. The van der Waals surface area contributed by atoms with Crippen molar-refractivity contribution in [1.82, 2.24) is 10.3 Å². The molecule has 2 rings (SSSR count). The van der Waals surface area contributed by atoms with Crippen LogP contribution in [-0.4, -0.2) is 11.5 Å². The molecule has 1 unspecified atom stereocenters. The molecule has 1 atom stereocenters. The molecule has 0 spiro atoms. The predicted octanol–water partition coefficient (Wildman–Crippen LogP) is 3.90. The summed E-state index contributed by atoms with van der Waals surface area (Å²) in [5.41, 5.74) is 0.921. The SMILES string of the molecule is CCNC(c1ncccc1Br)c1occc1Br. The molecule has 90 valence electrons. The highest BCUT2D eigenvalue weighted by Gasteiger charge is 2.22. The Morgan fingerprint density at radius 1 is 1.35 bits per heavy atom.